The highest BCUT2D eigenvalue weighted by Crippen LogP contribution is 2.14. The van der Waals surface area contributed by atoms with Gasteiger partial charge in [-0.15, -0.1) is 0 Å². The highest BCUT2D eigenvalue weighted by atomic mass is 16.6. The van der Waals surface area contributed by atoms with Crippen LogP contribution < -0.4 is 0 Å². The van der Waals surface area contributed by atoms with E-state index in [-0.39, 0.29) is 11.6 Å². The van der Waals surface area contributed by atoms with E-state index in [1.54, 1.807) is 18.2 Å². The molecule has 134 valence electrons. The lowest BCUT2D eigenvalue weighted by molar-refractivity contribution is -0.384. The van der Waals surface area contributed by atoms with Crippen molar-refractivity contribution < 1.29 is 9.72 Å². The summed E-state index contributed by atoms with van der Waals surface area (Å²) in [5, 5.41) is 10.8. The number of nitro groups is 1. The topological polar surface area (TPSA) is 66.7 Å². The van der Waals surface area contributed by atoms with Gasteiger partial charge in [0.25, 0.3) is 5.69 Å². The van der Waals surface area contributed by atoms with Gasteiger partial charge in [0.2, 0.25) is 5.91 Å². The minimum absolute atomic E-state index is 0.0223. The lowest BCUT2D eigenvalue weighted by atomic mass is 10.2. The molecule has 0 spiro atoms. The molecule has 6 heteroatoms. The van der Waals surface area contributed by atoms with Gasteiger partial charge in [0, 0.05) is 50.9 Å². The Kier molecular flexibility index (Phi) is 5.76. The number of rotatable bonds is 5. The molecule has 0 atom stereocenters. The summed E-state index contributed by atoms with van der Waals surface area (Å²) in [6, 6.07) is 16.6. The number of carbonyl (C=O) groups excluding carboxylic acids is 1. The number of benzene rings is 2. The summed E-state index contributed by atoms with van der Waals surface area (Å²) in [6.45, 7) is 3.94. The lowest BCUT2D eigenvalue weighted by Crippen LogP contribution is -2.47. The van der Waals surface area contributed by atoms with Crippen LogP contribution >= 0.6 is 0 Å². The second-order valence-electron chi connectivity index (χ2n) is 6.27. The number of nitrogens with zero attached hydrogens (tertiary/aromatic N) is 3. The van der Waals surface area contributed by atoms with Crippen molar-refractivity contribution in [2.24, 2.45) is 0 Å². The van der Waals surface area contributed by atoms with Crippen molar-refractivity contribution in [1.29, 1.82) is 0 Å². The summed E-state index contributed by atoms with van der Waals surface area (Å²) >= 11 is 0. The third-order valence-corrected chi connectivity index (χ3v) is 4.43. The fourth-order valence-electron chi connectivity index (χ4n) is 2.98. The van der Waals surface area contributed by atoms with E-state index in [4.69, 9.17) is 0 Å². The molecule has 1 amide bonds. The molecule has 0 unspecified atom stereocenters. The zero-order valence-corrected chi connectivity index (χ0v) is 14.5. The molecule has 26 heavy (non-hydrogen) atoms. The summed E-state index contributed by atoms with van der Waals surface area (Å²) in [4.78, 5) is 26.9. The number of amides is 1. The van der Waals surface area contributed by atoms with Crippen molar-refractivity contribution >= 4 is 17.7 Å². The molecule has 1 aliphatic rings. The fraction of sp³-hybridized carbons (Fsp3) is 0.250. The van der Waals surface area contributed by atoms with E-state index in [0.717, 1.165) is 19.6 Å². The molecule has 3 rings (SSSR count). The first kappa shape index (κ1) is 17.8. The van der Waals surface area contributed by atoms with Gasteiger partial charge < -0.3 is 4.90 Å². The molecular formula is C20H21N3O3. The highest BCUT2D eigenvalue weighted by Gasteiger charge is 2.19. The standard InChI is InChI=1S/C20H21N3O3/c24-20(10-9-17-7-4-8-19(15-17)23(25)26)22-13-11-21(12-14-22)16-18-5-2-1-3-6-18/h1-10,15H,11-14,16H2. The Bertz CT molecular complexity index is 797. The molecule has 1 heterocycles. The highest BCUT2D eigenvalue weighted by molar-refractivity contribution is 5.91. The van der Waals surface area contributed by atoms with Gasteiger partial charge in [-0.2, -0.15) is 0 Å². The summed E-state index contributed by atoms with van der Waals surface area (Å²) in [5.74, 6) is -0.0594. The maximum Gasteiger partial charge on any atom is 0.270 e. The molecule has 0 aromatic heterocycles. The third kappa shape index (κ3) is 4.77. The van der Waals surface area contributed by atoms with Crippen LogP contribution in [-0.2, 0) is 11.3 Å². The molecule has 0 bridgehead atoms. The van der Waals surface area contributed by atoms with Crippen molar-refractivity contribution in [1.82, 2.24) is 9.80 Å². The summed E-state index contributed by atoms with van der Waals surface area (Å²) < 4.78 is 0. The first-order chi connectivity index (χ1) is 12.6. The molecule has 0 saturated carbocycles. The predicted molar refractivity (Wildman–Crippen MR) is 100 cm³/mol. The van der Waals surface area contributed by atoms with Gasteiger partial charge in [-0.05, 0) is 17.2 Å². The minimum atomic E-state index is -0.439. The quantitative estimate of drug-likeness (QED) is 0.472. The second-order valence-corrected chi connectivity index (χ2v) is 6.27. The van der Waals surface area contributed by atoms with E-state index in [9.17, 15) is 14.9 Å². The van der Waals surface area contributed by atoms with Crippen LogP contribution in [0.25, 0.3) is 6.08 Å². The Labute approximate surface area is 152 Å². The number of carbonyl (C=O) groups is 1. The maximum atomic E-state index is 12.3. The van der Waals surface area contributed by atoms with Gasteiger partial charge in [0.1, 0.15) is 0 Å². The Morgan fingerprint density at radius 2 is 1.77 bits per heavy atom. The zero-order chi connectivity index (χ0) is 18.4. The Morgan fingerprint density at radius 3 is 2.46 bits per heavy atom. The average Bonchev–Trinajstić information content (AvgIpc) is 2.68. The molecule has 6 nitrogen and oxygen atoms in total. The summed E-state index contributed by atoms with van der Waals surface area (Å²) in [5.41, 5.74) is 1.95. The Morgan fingerprint density at radius 1 is 1.04 bits per heavy atom. The number of hydrogen-bond donors (Lipinski definition) is 0. The molecule has 1 aliphatic heterocycles. The molecule has 0 aliphatic carbocycles. The zero-order valence-electron chi connectivity index (χ0n) is 14.5. The largest absolute Gasteiger partial charge is 0.337 e. The van der Waals surface area contributed by atoms with Crippen LogP contribution in [-0.4, -0.2) is 46.8 Å². The van der Waals surface area contributed by atoms with Crippen LogP contribution in [0.3, 0.4) is 0 Å². The second kappa shape index (κ2) is 8.40. The number of nitro benzene ring substituents is 1. The molecular weight excluding hydrogens is 330 g/mol. The number of non-ortho nitro benzene ring substituents is 1. The maximum absolute atomic E-state index is 12.3. The first-order valence-corrected chi connectivity index (χ1v) is 8.59. The lowest BCUT2D eigenvalue weighted by Gasteiger charge is -2.34. The van der Waals surface area contributed by atoms with Crippen LogP contribution in [0.15, 0.2) is 60.7 Å². The molecule has 0 radical (unpaired) electrons. The fourth-order valence-corrected chi connectivity index (χ4v) is 2.98. The van der Waals surface area contributed by atoms with Crippen LogP contribution in [0, 0.1) is 10.1 Å². The molecule has 2 aromatic rings. The normalized spacial score (nSPS) is 15.3. The van der Waals surface area contributed by atoms with E-state index >= 15 is 0 Å². The van der Waals surface area contributed by atoms with Gasteiger partial charge in [0.15, 0.2) is 0 Å². The predicted octanol–water partition coefficient (Wildman–Crippen LogP) is 2.95. The molecule has 2 aromatic carbocycles. The van der Waals surface area contributed by atoms with Crippen molar-refractivity contribution in [3.8, 4) is 0 Å². The number of piperazine rings is 1. The summed E-state index contributed by atoms with van der Waals surface area (Å²) in [7, 11) is 0. The van der Waals surface area contributed by atoms with Crippen molar-refractivity contribution in [2.75, 3.05) is 26.2 Å². The molecule has 1 fully saturated rings. The third-order valence-electron chi connectivity index (χ3n) is 4.43. The van der Waals surface area contributed by atoms with Gasteiger partial charge in [0.05, 0.1) is 4.92 Å². The van der Waals surface area contributed by atoms with Crippen LogP contribution in [0.4, 0.5) is 5.69 Å². The van der Waals surface area contributed by atoms with Gasteiger partial charge >= 0.3 is 0 Å². The van der Waals surface area contributed by atoms with Crippen LogP contribution in [0.1, 0.15) is 11.1 Å². The summed E-state index contributed by atoms with van der Waals surface area (Å²) in [6.07, 6.45) is 3.12. The van der Waals surface area contributed by atoms with Crippen LogP contribution in [0.2, 0.25) is 0 Å². The average molecular weight is 351 g/mol. The Hall–Kier alpha value is -2.99. The monoisotopic (exact) mass is 351 g/mol. The molecule has 0 N–H and O–H groups in total. The molecule has 1 saturated heterocycles. The SMILES string of the molecule is O=C(C=Cc1cccc([N+](=O)[O-])c1)N1CCN(Cc2ccccc2)CC1. The van der Waals surface area contributed by atoms with E-state index in [1.165, 1.54) is 23.8 Å². The van der Waals surface area contributed by atoms with E-state index in [0.29, 0.717) is 18.7 Å². The van der Waals surface area contributed by atoms with E-state index in [2.05, 4.69) is 17.0 Å². The Balaban J connectivity index is 1.52. The minimum Gasteiger partial charge on any atom is -0.337 e. The van der Waals surface area contributed by atoms with Gasteiger partial charge in [-0.1, -0.05) is 42.5 Å². The first-order valence-electron chi connectivity index (χ1n) is 8.59. The van der Waals surface area contributed by atoms with Crippen molar-refractivity contribution in [2.45, 2.75) is 6.54 Å². The van der Waals surface area contributed by atoms with E-state index < -0.39 is 4.92 Å². The van der Waals surface area contributed by atoms with Crippen LogP contribution in [0.5, 0.6) is 0 Å². The van der Waals surface area contributed by atoms with Crippen molar-refractivity contribution in [3.63, 3.8) is 0 Å². The van der Waals surface area contributed by atoms with Gasteiger partial charge in [-0.3, -0.25) is 19.8 Å². The van der Waals surface area contributed by atoms with Gasteiger partial charge in [-0.25, -0.2) is 0 Å². The number of hydrogen-bond acceptors (Lipinski definition) is 4. The van der Waals surface area contributed by atoms with E-state index in [1.807, 2.05) is 23.1 Å². The van der Waals surface area contributed by atoms with Crippen molar-refractivity contribution in [3.05, 3.63) is 81.9 Å². The smallest absolute Gasteiger partial charge is 0.270 e.